The second-order valence-corrected chi connectivity index (χ2v) is 4.94. The van der Waals surface area contributed by atoms with Crippen molar-refractivity contribution >= 4 is 27.3 Å². The topological polar surface area (TPSA) is 3.88 Å². The number of benzene rings is 1. The number of aromatic nitrogens is 1. The van der Waals surface area contributed by atoms with Gasteiger partial charge in [0.2, 0.25) is 0 Å². The molecule has 0 amide bonds. The molecule has 0 aliphatic rings. The van der Waals surface area contributed by atoms with Crippen LogP contribution in [-0.4, -0.2) is 0 Å². The van der Waals surface area contributed by atoms with Crippen molar-refractivity contribution in [2.24, 2.45) is 0 Å². The average Bonchev–Trinajstić information content (AvgIpc) is 2.54. The molecule has 0 aliphatic heterocycles. The summed E-state index contributed by atoms with van der Waals surface area (Å²) in [6, 6.07) is 10.4. The maximum atomic E-state index is 3.51. The number of halogens is 2. The fourth-order valence-corrected chi connectivity index (χ4v) is 2.33. The molecule has 0 bridgehead atoms. The molecule has 0 saturated carbocycles. The Morgan fingerprint density at radius 1 is 1.21 bits per heavy atom. The largest absolute Gasteiger partial charge is 1.00 e. The van der Waals surface area contributed by atoms with Crippen LogP contribution in [0.1, 0.15) is 5.56 Å². The SMILES string of the molecule is Brc1scc[n+]1Cc1ccccc1.[Br-]. The first-order chi connectivity index (χ1) is 6.36. The van der Waals surface area contributed by atoms with Gasteiger partial charge >= 0.3 is 3.92 Å². The molecule has 1 aromatic heterocycles. The van der Waals surface area contributed by atoms with E-state index in [1.807, 2.05) is 6.07 Å². The summed E-state index contributed by atoms with van der Waals surface area (Å²) in [6.45, 7) is 0.935. The smallest absolute Gasteiger partial charge is 0.305 e. The summed E-state index contributed by atoms with van der Waals surface area (Å²) in [7, 11) is 0. The summed E-state index contributed by atoms with van der Waals surface area (Å²) in [5, 5.41) is 2.08. The summed E-state index contributed by atoms with van der Waals surface area (Å²) in [5.41, 5.74) is 1.33. The van der Waals surface area contributed by atoms with E-state index in [1.165, 1.54) is 5.56 Å². The number of hydrogen-bond acceptors (Lipinski definition) is 1. The van der Waals surface area contributed by atoms with Crippen LogP contribution >= 0.6 is 27.3 Å². The molecular weight excluding hydrogens is 326 g/mol. The van der Waals surface area contributed by atoms with Crippen molar-refractivity contribution in [1.29, 1.82) is 0 Å². The van der Waals surface area contributed by atoms with E-state index in [1.54, 1.807) is 11.3 Å². The van der Waals surface area contributed by atoms with Crippen LogP contribution in [0.5, 0.6) is 0 Å². The van der Waals surface area contributed by atoms with Crippen molar-refractivity contribution in [3.63, 3.8) is 0 Å². The Kier molecular flexibility index (Phi) is 4.78. The predicted octanol–water partition coefficient (Wildman–Crippen LogP) is -0.150. The van der Waals surface area contributed by atoms with Crippen LogP contribution in [0.4, 0.5) is 0 Å². The number of hydrogen-bond donors (Lipinski definition) is 0. The third-order valence-electron chi connectivity index (χ3n) is 1.83. The summed E-state index contributed by atoms with van der Waals surface area (Å²) >= 11 is 5.21. The van der Waals surface area contributed by atoms with Gasteiger partial charge in [-0.15, -0.1) is 0 Å². The van der Waals surface area contributed by atoms with Crippen LogP contribution in [0.25, 0.3) is 0 Å². The maximum Gasteiger partial charge on any atom is 0.305 e. The molecule has 1 aromatic carbocycles. The maximum absolute atomic E-state index is 3.51. The Morgan fingerprint density at radius 3 is 2.50 bits per heavy atom. The zero-order chi connectivity index (χ0) is 9.10. The third-order valence-corrected chi connectivity index (χ3v) is 3.53. The van der Waals surface area contributed by atoms with Crippen molar-refractivity contribution in [3.05, 3.63) is 51.4 Å². The van der Waals surface area contributed by atoms with Gasteiger partial charge in [-0.3, -0.25) is 0 Å². The lowest BCUT2D eigenvalue weighted by molar-refractivity contribution is -0.693. The molecule has 1 heterocycles. The highest BCUT2D eigenvalue weighted by Crippen LogP contribution is 2.11. The first kappa shape index (κ1) is 11.9. The van der Waals surface area contributed by atoms with E-state index < -0.39 is 0 Å². The second-order valence-electron chi connectivity index (χ2n) is 2.77. The van der Waals surface area contributed by atoms with Crippen molar-refractivity contribution in [2.45, 2.75) is 6.54 Å². The molecule has 0 radical (unpaired) electrons. The first-order valence-corrected chi connectivity index (χ1v) is 5.70. The monoisotopic (exact) mass is 333 g/mol. The highest BCUT2D eigenvalue weighted by molar-refractivity contribution is 9.11. The molecule has 2 rings (SSSR count). The molecule has 0 unspecified atom stereocenters. The minimum Gasteiger partial charge on any atom is -1.00 e. The molecule has 0 saturated heterocycles. The Balaban J connectivity index is 0.000000980. The van der Waals surface area contributed by atoms with Gasteiger partial charge in [0, 0.05) is 21.5 Å². The Bertz CT molecular complexity index is 386. The lowest BCUT2D eigenvalue weighted by atomic mass is 10.2. The fraction of sp³-hybridized carbons (Fsp3) is 0.100. The normalized spacial score (nSPS) is 9.50. The molecule has 1 nitrogen and oxygen atoms in total. The van der Waals surface area contributed by atoms with Crippen molar-refractivity contribution in [3.8, 4) is 0 Å². The van der Waals surface area contributed by atoms with Gasteiger partial charge in [-0.05, 0) is 0 Å². The molecule has 0 spiro atoms. The van der Waals surface area contributed by atoms with Gasteiger partial charge in [-0.25, -0.2) is 0 Å². The molecule has 2 aromatic rings. The van der Waals surface area contributed by atoms with E-state index in [-0.39, 0.29) is 17.0 Å². The summed E-state index contributed by atoms with van der Waals surface area (Å²) in [4.78, 5) is 0. The van der Waals surface area contributed by atoms with Gasteiger partial charge in [0.25, 0.3) is 0 Å². The van der Waals surface area contributed by atoms with Gasteiger partial charge in [0.05, 0.1) is 5.38 Å². The van der Waals surface area contributed by atoms with Crippen molar-refractivity contribution in [1.82, 2.24) is 0 Å². The highest BCUT2D eigenvalue weighted by Gasteiger charge is 2.08. The Morgan fingerprint density at radius 2 is 1.93 bits per heavy atom. The Labute approximate surface area is 106 Å². The molecule has 14 heavy (non-hydrogen) atoms. The Hall–Kier alpha value is -0.190. The second kappa shape index (κ2) is 5.63. The number of rotatable bonds is 2. The quantitative estimate of drug-likeness (QED) is 0.673. The zero-order valence-corrected chi connectivity index (χ0v) is 11.3. The highest BCUT2D eigenvalue weighted by atomic mass is 79.9. The molecule has 74 valence electrons. The van der Waals surface area contributed by atoms with Gasteiger partial charge in [0.15, 0.2) is 12.7 Å². The standard InChI is InChI=1S/C10H9BrNS.BrH/c11-10-12(6-7-13-10)8-9-4-2-1-3-5-9;/h1-7H,8H2;1H/q+1;/p-1. The van der Waals surface area contributed by atoms with E-state index in [9.17, 15) is 0 Å². The van der Waals surface area contributed by atoms with E-state index in [4.69, 9.17) is 0 Å². The zero-order valence-electron chi connectivity index (χ0n) is 7.36. The fourth-order valence-electron chi connectivity index (χ4n) is 1.18. The molecule has 0 aliphatic carbocycles. The van der Waals surface area contributed by atoms with Crippen LogP contribution in [-0.2, 0) is 6.54 Å². The average molecular weight is 335 g/mol. The first-order valence-electron chi connectivity index (χ1n) is 4.02. The summed E-state index contributed by atoms with van der Waals surface area (Å²) in [6.07, 6.45) is 2.09. The predicted molar refractivity (Wildman–Crippen MR) is 57.8 cm³/mol. The van der Waals surface area contributed by atoms with E-state index >= 15 is 0 Å². The minimum atomic E-state index is 0. The van der Waals surface area contributed by atoms with E-state index in [0.717, 1.165) is 10.5 Å². The molecule has 0 fully saturated rings. The van der Waals surface area contributed by atoms with Crippen LogP contribution in [0.3, 0.4) is 0 Å². The van der Waals surface area contributed by atoms with Crippen molar-refractivity contribution in [2.75, 3.05) is 0 Å². The van der Waals surface area contributed by atoms with Crippen LogP contribution < -0.4 is 21.5 Å². The van der Waals surface area contributed by atoms with E-state index in [2.05, 4.69) is 56.3 Å². The van der Waals surface area contributed by atoms with Crippen LogP contribution in [0.2, 0.25) is 0 Å². The van der Waals surface area contributed by atoms with Crippen LogP contribution in [0, 0.1) is 0 Å². The summed E-state index contributed by atoms with van der Waals surface area (Å²) in [5.74, 6) is 0. The van der Waals surface area contributed by atoms with Gasteiger partial charge in [-0.1, -0.05) is 41.7 Å². The summed E-state index contributed by atoms with van der Waals surface area (Å²) < 4.78 is 3.34. The molecule has 0 N–H and O–H groups in total. The van der Waals surface area contributed by atoms with Gasteiger partial charge in [-0.2, -0.15) is 4.57 Å². The van der Waals surface area contributed by atoms with Crippen molar-refractivity contribution < 1.29 is 21.5 Å². The lowest BCUT2D eigenvalue weighted by Crippen LogP contribution is -3.00. The van der Waals surface area contributed by atoms with Gasteiger partial charge in [0.1, 0.15) is 0 Å². The third kappa shape index (κ3) is 2.90. The van der Waals surface area contributed by atoms with E-state index in [0.29, 0.717) is 0 Å². The number of nitrogens with zero attached hydrogens (tertiary/aromatic N) is 1. The lowest BCUT2D eigenvalue weighted by Gasteiger charge is -1.94. The van der Waals surface area contributed by atoms with Gasteiger partial charge < -0.3 is 17.0 Å². The molecule has 4 heteroatoms. The van der Waals surface area contributed by atoms with Crippen LogP contribution in [0.15, 0.2) is 45.8 Å². The molecule has 0 atom stereocenters. The number of thiazole rings is 1. The minimum absolute atomic E-state index is 0. The molecular formula is C10H9Br2NS.